The Balaban J connectivity index is 2.89. The van der Waals surface area contributed by atoms with Gasteiger partial charge in [-0.1, -0.05) is 17.7 Å². The molecule has 0 aliphatic rings. The third-order valence-electron chi connectivity index (χ3n) is 2.32. The summed E-state index contributed by atoms with van der Waals surface area (Å²) in [4.78, 5) is 11.6. The van der Waals surface area contributed by atoms with E-state index in [1.807, 2.05) is 13.0 Å². The summed E-state index contributed by atoms with van der Waals surface area (Å²) in [6.45, 7) is 5.90. The van der Waals surface area contributed by atoms with Crippen molar-refractivity contribution in [3.8, 4) is 5.75 Å². The van der Waals surface area contributed by atoms with Gasteiger partial charge in [0.1, 0.15) is 5.75 Å². The van der Waals surface area contributed by atoms with Crippen LogP contribution in [-0.2, 0) is 11.2 Å². The van der Waals surface area contributed by atoms with Gasteiger partial charge in [-0.25, -0.2) is 0 Å². The van der Waals surface area contributed by atoms with Crippen LogP contribution < -0.4 is 10.1 Å². The summed E-state index contributed by atoms with van der Waals surface area (Å²) >= 11 is 5.96. The highest BCUT2D eigenvalue weighted by Crippen LogP contribution is 2.27. The number of methoxy groups -OCH3 is 1. The van der Waals surface area contributed by atoms with Crippen LogP contribution in [0.5, 0.6) is 5.75 Å². The highest BCUT2D eigenvalue weighted by molar-refractivity contribution is 6.30. The van der Waals surface area contributed by atoms with E-state index in [2.05, 4.69) is 11.9 Å². The van der Waals surface area contributed by atoms with Gasteiger partial charge in [-0.3, -0.25) is 4.79 Å². The van der Waals surface area contributed by atoms with E-state index in [4.69, 9.17) is 16.3 Å². The molecule has 3 nitrogen and oxygen atoms in total. The van der Waals surface area contributed by atoms with Crippen molar-refractivity contribution in [1.82, 2.24) is 5.32 Å². The third-order valence-corrected chi connectivity index (χ3v) is 2.53. The molecular weight excluding hydrogens is 238 g/mol. The van der Waals surface area contributed by atoms with Gasteiger partial charge in [0.25, 0.3) is 0 Å². The van der Waals surface area contributed by atoms with Gasteiger partial charge in [0.2, 0.25) is 5.91 Å². The Hall–Kier alpha value is -1.48. The van der Waals surface area contributed by atoms with E-state index in [0.717, 1.165) is 11.1 Å². The molecule has 1 amide bonds. The fourth-order valence-electron chi connectivity index (χ4n) is 1.64. The summed E-state index contributed by atoms with van der Waals surface area (Å²) in [5.41, 5.74) is 1.71. The summed E-state index contributed by atoms with van der Waals surface area (Å²) in [6, 6.07) is 3.56. The summed E-state index contributed by atoms with van der Waals surface area (Å²) < 4.78 is 5.28. The second kappa shape index (κ2) is 6.30. The molecule has 92 valence electrons. The third kappa shape index (κ3) is 3.79. The maximum Gasteiger partial charge on any atom is 0.224 e. The lowest BCUT2D eigenvalue weighted by atomic mass is 10.1. The normalized spacial score (nSPS) is 9.82. The number of hydrogen-bond donors (Lipinski definition) is 1. The standard InChI is InChI=1S/C13H16ClNO2/c1-4-5-15-12(16)8-10-7-11(14)6-9(2)13(10)17-3/h4,6-7H,1,5,8H2,2-3H3,(H,15,16). The average molecular weight is 254 g/mol. The van der Waals surface area contributed by atoms with E-state index < -0.39 is 0 Å². The lowest BCUT2D eigenvalue weighted by molar-refractivity contribution is -0.120. The van der Waals surface area contributed by atoms with Crippen molar-refractivity contribution in [1.29, 1.82) is 0 Å². The molecule has 0 aliphatic carbocycles. The van der Waals surface area contributed by atoms with Crippen LogP contribution in [0.4, 0.5) is 0 Å². The summed E-state index contributed by atoms with van der Waals surface area (Å²) in [6.07, 6.45) is 1.89. The van der Waals surface area contributed by atoms with E-state index in [0.29, 0.717) is 17.3 Å². The minimum atomic E-state index is -0.0788. The van der Waals surface area contributed by atoms with Crippen LogP contribution in [0.1, 0.15) is 11.1 Å². The molecule has 0 saturated heterocycles. The molecule has 0 radical (unpaired) electrons. The molecule has 0 heterocycles. The van der Waals surface area contributed by atoms with Crippen molar-refractivity contribution in [3.05, 3.63) is 40.9 Å². The Morgan fingerprint density at radius 3 is 2.88 bits per heavy atom. The highest BCUT2D eigenvalue weighted by Gasteiger charge is 2.11. The van der Waals surface area contributed by atoms with Crippen molar-refractivity contribution in [2.75, 3.05) is 13.7 Å². The molecule has 0 spiro atoms. The second-order valence-electron chi connectivity index (χ2n) is 3.68. The van der Waals surface area contributed by atoms with E-state index in [9.17, 15) is 4.79 Å². The Labute approximate surface area is 106 Å². The van der Waals surface area contributed by atoms with Crippen molar-refractivity contribution in [2.24, 2.45) is 0 Å². The van der Waals surface area contributed by atoms with Crippen LogP contribution in [0.3, 0.4) is 0 Å². The molecule has 1 rings (SSSR count). The zero-order valence-corrected chi connectivity index (χ0v) is 10.8. The minimum absolute atomic E-state index is 0.0788. The van der Waals surface area contributed by atoms with E-state index in [1.165, 1.54) is 0 Å². The highest BCUT2D eigenvalue weighted by atomic mass is 35.5. The first-order valence-electron chi connectivity index (χ1n) is 5.29. The van der Waals surface area contributed by atoms with Gasteiger partial charge in [0.05, 0.1) is 13.5 Å². The number of amides is 1. The Bertz CT molecular complexity index is 430. The monoisotopic (exact) mass is 253 g/mol. The topological polar surface area (TPSA) is 38.3 Å². The molecule has 0 aromatic heterocycles. The van der Waals surface area contributed by atoms with Gasteiger partial charge in [0, 0.05) is 17.1 Å². The summed E-state index contributed by atoms with van der Waals surface area (Å²) in [7, 11) is 1.58. The predicted molar refractivity (Wildman–Crippen MR) is 69.7 cm³/mol. The van der Waals surface area contributed by atoms with E-state index in [1.54, 1.807) is 19.3 Å². The Morgan fingerprint density at radius 2 is 2.29 bits per heavy atom. The first-order chi connectivity index (χ1) is 8.08. The van der Waals surface area contributed by atoms with Crippen molar-refractivity contribution in [3.63, 3.8) is 0 Å². The van der Waals surface area contributed by atoms with Gasteiger partial charge in [0.15, 0.2) is 0 Å². The fraction of sp³-hybridized carbons (Fsp3) is 0.308. The summed E-state index contributed by atoms with van der Waals surface area (Å²) in [5.74, 6) is 0.632. The lowest BCUT2D eigenvalue weighted by Crippen LogP contribution is -2.25. The molecule has 0 unspecified atom stereocenters. The number of benzene rings is 1. The molecule has 0 bridgehead atoms. The molecule has 0 fully saturated rings. The Kier molecular flexibility index (Phi) is 5.04. The van der Waals surface area contributed by atoms with Gasteiger partial charge < -0.3 is 10.1 Å². The molecule has 17 heavy (non-hydrogen) atoms. The largest absolute Gasteiger partial charge is 0.496 e. The first-order valence-corrected chi connectivity index (χ1v) is 5.67. The van der Waals surface area contributed by atoms with Gasteiger partial charge in [-0.05, 0) is 24.6 Å². The van der Waals surface area contributed by atoms with Gasteiger partial charge in [-0.2, -0.15) is 0 Å². The van der Waals surface area contributed by atoms with Crippen LogP contribution >= 0.6 is 11.6 Å². The zero-order valence-electron chi connectivity index (χ0n) is 10.0. The van der Waals surface area contributed by atoms with Crippen LogP contribution in [0.15, 0.2) is 24.8 Å². The SMILES string of the molecule is C=CCNC(=O)Cc1cc(Cl)cc(C)c1OC. The number of aryl methyl sites for hydroxylation is 1. The van der Waals surface area contributed by atoms with Crippen LogP contribution in [0.2, 0.25) is 5.02 Å². The van der Waals surface area contributed by atoms with Crippen molar-refractivity contribution < 1.29 is 9.53 Å². The smallest absolute Gasteiger partial charge is 0.224 e. The maximum absolute atomic E-state index is 11.6. The molecule has 0 aliphatic heterocycles. The number of carbonyl (C=O) groups is 1. The number of carbonyl (C=O) groups excluding carboxylic acids is 1. The number of nitrogens with one attached hydrogen (secondary N) is 1. The first kappa shape index (κ1) is 13.6. The molecular formula is C13H16ClNO2. The lowest BCUT2D eigenvalue weighted by Gasteiger charge is -2.12. The number of hydrogen-bond acceptors (Lipinski definition) is 2. The molecule has 1 aromatic carbocycles. The maximum atomic E-state index is 11.6. The summed E-state index contributed by atoms with van der Waals surface area (Å²) in [5, 5.41) is 3.32. The average Bonchev–Trinajstić information content (AvgIpc) is 2.25. The number of halogens is 1. The minimum Gasteiger partial charge on any atom is -0.496 e. The Morgan fingerprint density at radius 1 is 1.59 bits per heavy atom. The molecule has 1 N–H and O–H groups in total. The van der Waals surface area contributed by atoms with Gasteiger partial charge >= 0.3 is 0 Å². The molecule has 4 heteroatoms. The van der Waals surface area contributed by atoms with E-state index in [-0.39, 0.29) is 12.3 Å². The molecule has 0 atom stereocenters. The van der Waals surface area contributed by atoms with Gasteiger partial charge in [-0.15, -0.1) is 6.58 Å². The quantitative estimate of drug-likeness (QED) is 0.819. The fourth-order valence-corrected chi connectivity index (χ4v) is 1.94. The molecule has 1 aromatic rings. The number of rotatable bonds is 5. The molecule has 0 saturated carbocycles. The predicted octanol–water partition coefficient (Wildman–Crippen LogP) is 2.50. The van der Waals surface area contributed by atoms with E-state index >= 15 is 0 Å². The second-order valence-corrected chi connectivity index (χ2v) is 4.12. The van der Waals surface area contributed by atoms with Crippen LogP contribution in [0.25, 0.3) is 0 Å². The van der Waals surface area contributed by atoms with Crippen LogP contribution in [-0.4, -0.2) is 19.6 Å². The number of ether oxygens (including phenoxy) is 1. The van der Waals surface area contributed by atoms with Crippen molar-refractivity contribution >= 4 is 17.5 Å². The van der Waals surface area contributed by atoms with Crippen molar-refractivity contribution in [2.45, 2.75) is 13.3 Å². The zero-order chi connectivity index (χ0) is 12.8. The van der Waals surface area contributed by atoms with Crippen LogP contribution in [0, 0.1) is 6.92 Å².